The van der Waals surface area contributed by atoms with E-state index in [0.717, 1.165) is 5.56 Å². The summed E-state index contributed by atoms with van der Waals surface area (Å²) in [5.74, 6) is -0.789. The first-order valence-corrected chi connectivity index (χ1v) is 11.1. The van der Waals surface area contributed by atoms with Gasteiger partial charge in [-0.25, -0.2) is 9.59 Å². The molecular weight excluding hydrogens is 420 g/mol. The van der Waals surface area contributed by atoms with Gasteiger partial charge in [-0.3, -0.25) is 4.79 Å². The van der Waals surface area contributed by atoms with Crippen LogP contribution in [0, 0.1) is 0 Å². The lowest BCUT2D eigenvalue weighted by atomic mass is 9.86. The Kier molecular flexibility index (Phi) is 7.41. The molecule has 176 valence electrons. The Morgan fingerprint density at radius 1 is 1.00 bits per heavy atom. The Labute approximate surface area is 195 Å². The van der Waals surface area contributed by atoms with Crippen molar-refractivity contribution < 1.29 is 23.9 Å². The number of carbonyl (C=O) groups excluding carboxylic acids is 3. The predicted octanol–water partition coefficient (Wildman–Crippen LogP) is 4.11. The number of hydrogen-bond donors (Lipinski definition) is 0. The first-order chi connectivity index (χ1) is 15.6. The number of benzene rings is 2. The van der Waals surface area contributed by atoms with Gasteiger partial charge in [0.05, 0.1) is 0 Å². The van der Waals surface area contributed by atoms with Gasteiger partial charge < -0.3 is 19.3 Å². The Balaban J connectivity index is 1.76. The van der Waals surface area contributed by atoms with Gasteiger partial charge in [0.1, 0.15) is 18.8 Å². The highest BCUT2D eigenvalue weighted by atomic mass is 16.6. The molecular formula is C26H32N2O5. The van der Waals surface area contributed by atoms with E-state index in [4.69, 9.17) is 9.47 Å². The molecule has 1 atom stereocenters. The number of likely N-dealkylation sites (tertiary alicyclic amines) is 1. The second-order valence-electron chi connectivity index (χ2n) is 9.27. The third-order valence-corrected chi connectivity index (χ3v) is 5.56. The molecule has 2 aromatic rings. The van der Waals surface area contributed by atoms with Crippen LogP contribution in [0.1, 0.15) is 44.7 Å². The molecule has 7 nitrogen and oxygen atoms in total. The fourth-order valence-corrected chi connectivity index (χ4v) is 4.05. The van der Waals surface area contributed by atoms with Crippen LogP contribution in [-0.2, 0) is 31.2 Å². The maximum absolute atomic E-state index is 13.5. The molecule has 0 aromatic heterocycles. The highest BCUT2D eigenvalue weighted by Gasteiger charge is 2.53. The smallest absolute Gasteiger partial charge is 0.410 e. The van der Waals surface area contributed by atoms with E-state index in [0.29, 0.717) is 24.9 Å². The molecule has 1 aliphatic rings. The molecule has 1 heterocycles. The molecule has 0 bridgehead atoms. The zero-order valence-electron chi connectivity index (χ0n) is 19.7. The zero-order valence-corrected chi connectivity index (χ0v) is 19.7. The van der Waals surface area contributed by atoms with Crippen molar-refractivity contribution in [1.29, 1.82) is 0 Å². The number of ether oxygens (including phenoxy) is 2. The fourth-order valence-electron chi connectivity index (χ4n) is 4.05. The third kappa shape index (κ3) is 5.72. The van der Waals surface area contributed by atoms with Gasteiger partial charge in [-0.15, -0.1) is 0 Å². The fraction of sp³-hybridized carbons (Fsp3) is 0.423. The molecule has 33 heavy (non-hydrogen) atoms. The van der Waals surface area contributed by atoms with Crippen molar-refractivity contribution in [3.05, 3.63) is 71.8 Å². The Bertz CT molecular complexity index is 971. The minimum atomic E-state index is -1.22. The molecule has 0 N–H and O–H groups in total. The summed E-state index contributed by atoms with van der Waals surface area (Å²) in [6.07, 6.45) is 0.510. The van der Waals surface area contributed by atoms with Crippen molar-refractivity contribution in [3.63, 3.8) is 0 Å². The molecule has 3 rings (SSSR count). The van der Waals surface area contributed by atoms with Gasteiger partial charge in [0.25, 0.3) is 0 Å². The second kappa shape index (κ2) is 10.1. The second-order valence-corrected chi connectivity index (χ2v) is 9.27. The van der Waals surface area contributed by atoms with Crippen LogP contribution >= 0.6 is 0 Å². The lowest BCUT2D eigenvalue weighted by molar-refractivity contribution is -0.172. The van der Waals surface area contributed by atoms with Gasteiger partial charge in [-0.05, 0) is 44.7 Å². The van der Waals surface area contributed by atoms with Crippen molar-refractivity contribution in [1.82, 2.24) is 9.80 Å². The van der Waals surface area contributed by atoms with Crippen molar-refractivity contribution in [2.45, 2.75) is 51.4 Å². The topological polar surface area (TPSA) is 76.2 Å². The molecule has 0 unspecified atom stereocenters. The molecule has 7 heteroatoms. The standard InChI is InChI=1S/C26H32N2O5/c1-25(2,3)33-23(30)26(21-14-9-6-10-15-21)16-11-17-28(26)22(29)18-27(4)24(31)32-19-20-12-7-5-8-13-20/h5-10,12-15H,11,16-19H2,1-4H3/t26-/m1/s1. The number of rotatable bonds is 6. The largest absolute Gasteiger partial charge is 0.458 e. The molecule has 0 spiro atoms. The van der Waals surface area contributed by atoms with Crippen LogP contribution in [0.25, 0.3) is 0 Å². The zero-order chi connectivity index (χ0) is 24.1. The van der Waals surface area contributed by atoms with Crippen molar-refractivity contribution in [3.8, 4) is 0 Å². The quantitative estimate of drug-likeness (QED) is 0.617. The lowest BCUT2D eigenvalue weighted by Crippen LogP contribution is -2.55. The first-order valence-electron chi connectivity index (χ1n) is 11.1. The van der Waals surface area contributed by atoms with E-state index < -0.39 is 23.2 Å². The highest BCUT2D eigenvalue weighted by Crippen LogP contribution is 2.41. The van der Waals surface area contributed by atoms with Crippen LogP contribution in [0.3, 0.4) is 0 Å². The average Bonchev–Trinajstić information content (AvgIpc) is 3.24. The van der Waals surface area contributed by atoms with Crippen molar-refractivity contribution in [2.75, 3.05) is 20.1 Å². The summed E-state index contributed by atoms with van der Waals surface area (Å²) in [4.78, 5) is 42.1. The maximum Gasteiger partial charge on any atom is 0.410 e. The lowest BCUT2D eigenvalue weighted by Gasteiger charge is -2.39. The van der Waals surface area contributed by atoms with Gasteiger partial charge in [0.15, 0.2) is 5.54 Å². The van der Waals surface area contributed by atoms with Crippen LogP contribution in [0.15, 0.2) is 60.7 Å². The summed E-state index contributed by atoms with van der Waals surface area (Å²) >= 11 is 0. The summed E-state index contributed by atoms with van der Waals surface area (Å²) in [6.45, 7) is 5.74. The number of amides is 2. The Morgan fingerprint density at radius 2 is 1.61 bits per heavy atom. The summed E-state index contributed by atoms with van der Waals surface area (Å²) in [7, 11) is 1.51. The van der Waals surface area contributed by atoms with Gasteiger partial charge in [0.2, 0.25) is 5.91 Å². The molecule has 0 radical (unpaired) electrons. The van der Waals surface area contributed by atoms with Crippen LogP contribution in [0.4, 0.5) is 4.79 Å². The van der Waals surface area contributed by atoms with E-state index in [1.165, 1.54) is 11.9 Å². The molecule has 0 saturated carbocycles. The third-order valence-electron chi connectivity index (χ3n) is 5.56. The summed E-state index contributed by atoms with van der Waals surface area (Å²) in [5, 5.41) is 0. The average molecular weight is 453 g/mol. The Hall–Kier alpha value is -3.35. The SMILES string of the molecule is CN(CC(=O)N1CCC[C@]1(C(=O)OC(C)(C)C)c1ccccc1)C(=O)OCc1ccccc1. The van der Waals surface area contributed by atoms with E-state index in [9.17, 15) is 14.4 Å². The predicted molar refractivity (Wildman–Crippen MR) is 124 cm³/mol. The number of esters is 1. The summed E-state index contributed by atoms with van der Waals surface area (Å²) < 4.78 is 11.1. The monoisotopic (exact) mass is 452 g/mol. The minimum Gasteiger partial charge on any atom is -0.458 e. The normalized spacial score (nSPS) is 18.0. The summed E-state index contributed by atoms with van der Waals surface area (Å²) in [5.41, 5.74) is -0.355. The van der Waals surface area contributed by atoms with Gasteiger partial charge in [-0.2, -0.15) is 0 Å². The van der Waals surface area contributed by atoms with E-state index in [2.05, 4.69) is 0 Å². The van der Waals surface area contributed by atoms with E-state index in [1.807, 2.05) is 60.7 Å². The molecule has 2 aromatic carbocycles. The highest BCUT2D eigenvalue weighted by molar-refractivity contribution is 5.91. The minimum absolute atomic E-state index is 0.119. The molecule has 1 fully saturated rings. The van der Waals surface area contributed by atoms with E-state index >= 15 is 0 Å². The molecule has 1 saturated heterocycles. The van der Waals surface area contributed by atoms with Gasteiger partial charge >= 0.3 is 12.1 Å². The van der Waals surface area contributed by atoms with Crippen molar-refractivity contribution >= 4 is 18.0 Å². The Morgan fingerprint density at radius 3 is 2.21 bits per heavy atom. The van der Waals surface area contributed by atoms with Gasteiger partial charge in [-0.1, -0.05) is 60.7 Å². The van der Waals surface area contributed by atoms with Crippen LogP contribution in [0.5, 0.6) is 0 Å². The maximum atomic E-state index is 13.5. The number of likely N-dealkylation sites (N-methyl/N-ethyl adjacent to an activating group) is 1. The number of nitrogens with zero attached hydrogens (tertiary/aromatic N) is 2. The van der Waals surface area contributed by atoms with E-state index in [-0.39, 0.29) is 19.1 Å². The molecule has 2 amide bonds. The number of hydrogen-bond acceptors (Lipinski definition) is 5. The molecule has 0 aliphatic carbocycles. The van der Waals surface area contributed by atoms with Gasteiger partial charge in [0, 0.05) is 13.6 Å². The van der Waals surface area contributed by atoms with Crippen LogP contribution in [0.2, 0.25) is 0 Å². The molecule has 1 aliphatic heterocycles. The summed E-state index contributed by atoms with van der Waals surface area (Å²) in [6, 6.07) is 18.6. The van der Waals surface area contributed by atoms with Crippen LogP contribution in [-0.4, -0.2) is 53.5 Å². The van der Waals surface area contributed by atoms with E-state index in [1.54, 1.807) is 25.7 Å². The van der Waals surface area contributed by atoms with Crippen LogP contribution < -0.4 is 0 Å². The van der Waals surface area contributed by atoms with Crippen molar-refractivity contribution in [2.24, 2.45) is 0 Å². The number of carbonyl (C=O) groups is 3. The first kappa shape index (κ1) is 24.3.